The Morgan fingerprint density at radius 1 is 1.29 bits per heavy atom. The van der Waals surface area contributed by atoms with Gasteiger partial charge in [-0.1, -0.05) is 13.8 Å². The van der Waals surface area contributed by atoms with Gasteiger partial charge in [-0.2, -0.15) is 0 Å². The van der Waals surface area contributed by atoms with Crippen molar-refractivity contribution in [2.45, 2.75) is 38.7 Å². The summed E-state index contributed by atoms with van der Waals surface area (Å²) in [5.74, 6) is 0.277. The first-order valence-corrected chi connectivity index (χ1v) is 10.6. The number of piperidine rings is 1. The predicted octanol–water partition coefficient (Wildman–Crippen LogP) is 3.34. The maximum Gasteiger partial charge on any atom is 0.420 e. The molecule has 3 saturated heterocycles. The second-order valence-corrected chi connectivity index (χ2v) is 8.13. The molecule has 5 rings (SSSR count). The third kappa shape index (κ3) is 4.10. The van der Waals surface area contributed by atoms with E-state index in [2.05, 4.69) is 29.5 Å². The molecule has 0 spiro atoms. The first-order chi connectivity index (χ1) is 14.9. The van der Waals surface area contributed by atoms with Crippen LogP contribution in [0.4, 0.5) is 15.3 Å². The first kappa shape index (κ1) is 21.2. The number of nitrogens with one attached hydrogen (secondary N) is 2. The Balaban J connectivity index is 1.51. The molecule has 2 N–H and O–H groups in total. The van der Waals surface area contributed by atoms with Gasteiger partial charge in [0.15, 0.2) is 0 Å². The lowest BCUT2D eigenvalue weighted by molar-refractivity contribution is -0.452. The van der Waals surface area contributed by atoms with Crippen molar-refractivity contribution in [3.05, 3.63) is 36.1 Å². The molecule has 9 nitrogen and oxygen atoms in total. The minimum Gasteiger partial charge on any atom is -0.448 e. The number of fused-ring (bicyclic) bond motifs is 2. The van der Waals surface area contributed by atoms with Crippen LogP contribution in [0.25, 0.3) is 0 Å². The Bertz CT molecular complexity index is 898. The zero-order chi connectivity index (χ0) is 22.0. The van der Waals surface area contributed by atoms with Crippen molar-refractivity contribution < 1.29 is 23.8 Å². The Labute approximate surface area is 181 Å². The molecule has 9 heteroatoms. The quantitative estimate of drug-likeness (QED) is 0.749. The average Bonchev–Trinajstić information content (AvgIpc) is 2.75. The molecule has 0 aliphatic carbocycles. The van der Waals surface area contributed by atoms with Crippen LogP contribution in [0.1, 0.15) is 26.7 Å². The lowest BCUT2D eigenvalue weighted by Crippen LogP contribution is -2.77. The molecule has 1 aromatic carbocycles. The van der Waals surface area contributed by atoms with Gasteiger partial charge in [-0.15, -0.1) is 0 Å². The third-order valence-corrected chi connectivity index (χ3v) is 5.77. The van der Waals surface area contributed by atoms with Crippen LogP contribution < -0.4 is 15.4 Å². The molecule has 3 unspecified atom stereocenters. The number of benzene rings is 1. The largest absolute Gasteiger partial charge is 0.448 e. The number of rotatable bonds is 5. The summed E-state index contributed by atoms with van der Waals surface area (Å²) in [4.78, 5) is 30.3. The van der Waals surface area contributed by atoms with Crippen LogP contribution in [-0.2, 0) is 9.47 Å². The summed E-state index contributed by atoms with van der Waals surface area (Å²) in [6.07, 6.45) is 4.48. The zero-order valence-electron chi connectivity index (χ0n) is 18.0. The van der Waals surface area contributed by atoms with Crippen LogP contribution in [-0.4, -0.2) is 55.4 Å². The van der Waals surface area contributed by atoms with E-state index in [1.807, 2.05) is 6.08 Å². The predicted molar refractivity (Wildman–Crippen MR) is 115 cm³/mol. The van der Waals surface area contributed by atoms with Crippen molar-refractivity contribution in [3.8, 4) is 5.75 Å². The Hall–Kier alpha value is -3.07. The summed E-state index contributed by atoms with van der Waals surface area (Å²) in [6.45, 7) is 5.37. The number of aliphatic imine (C=N–C) groups is 1. The smallest absolute Gasteiger partial charge is 0.420 e. The van der Waals surface area contributed by atoms with Gasteiger partial charge in [0.25, 0.3) is 0 Å². The highest BCUT2D eigenvalue weighted by atomic mass is 16.8. The van der Waals surface area contributed by atoms with Crippen LogP contribution in [0, 0.1) is 11.8 Å². The lowest BCUT2D eigenvalue weighted by Gasteiger charge is -2.62. The first-order valence-electron chi connectivity index (χ1n) is 10.6. The maximum absolute atomic E-state index is 13.1. The van der Waals surface area contributed by atoms with Gasteiger partial charge in [-0.3, -0.25) is 4.99 Å². The van der Waals surface area contributed by atoms with Crippen LogP contribution in [0.3, 0.4) is 0 Å². The van der Waals surface area contributed by atoms with E-state index < -0.39 is 12.0 Å². The SMILES string of the molecule is CNC(=O)Nc1ccc(OC(=O)N2CCC3OC2(OC2=CC=NCC2)C3C(C)C)cc1. The van der Waals surface area contributed by atoms with Gasteiger partial charge in [-0.25, -0.2) is 14.5 Å². The Kier molecular flexibility index (Phi) is 5.86. The summed E-state index contributed by atoms with van der Waals surface area (Å²) in [5, 5.41) is 5.14. The minimum absolute atomic E-state index is 0.0488. The highest BCUT2D eigenvalue weighted by Gasteiger charge is 2.67. The monoisotopic (exact) mass is 428 g/mol. The molecule has 4 heterocycles. The average molecular weight is 428 g/mol. The number of hydrogen-bond donors (Lipinski definition) is 2. The van der Waals surface area contributed by atoms with Crippen LogP contribution in [0.2, 0.25) is 0 Å². The molecule has 0 radical (unpaired) electrons. The summed E-state index contributed by atoms with van der Waals surface area (Å²) < 4.78 is 18.1. The fourth-order valence-corrected chi connectivity index (χ4v) is 4.34. The van der Waals surface area contributed by atoms with Crippen molar-refractivity contribution in [1.29, 1.82) is 0 Å². The molecule has 3 amide bonds. The highest BCUT2D eigenvalue weighted by Crippen LogP contribution is 2.53. The van der Waals surface area contributed by atoms with E-state index in [9.17, 15) is 9.59 Å². The molecule has 166 valence electrons. The van der Waals surface area contributed by atoms with Gasteiger partial charge < -0.3 is 24.8 Å². The minimum atomic E-state index is -1.16. The van der Waals surface area contributed by atoms with Crippen LogP contribution >= 0.6 is 0 Å². The number of urea groups is 1. The van der Waals surface area contributed by atoms with Gasteiger partial charge in [0, 0.05) is 38.5 Å². The van der Waals surface area contributed by atoms with E-state index in [1.54, 1.807) is 35.4 Å². The molecule has 1 aromatic rings. The second-order valence-electron chi connectivity index (χ2n) is 8.13. The molecule has 4 aliphatic heterocycles. The molecular weight excluding hydrogens is 400 g/mol. The molecule has 3 fully saturated rings. The van der Waals surface area contributed by atoms with Crippen molar-refractivity contribution in [2.24, 2.45) is 16.8 Å². The zero-order valence-corrected chi connectivity index (χ0v) is 18.0. The van der Waals surface area contributed by atoms with Gasteiger partial charge in [0.1, 0.15) is 11.5 Å². The number of carbonyl (C=O) groups excluding carboxylic acids is 2. The second kappa shape index (κ2) is 8.58. The highest BCUT2D eigenvalue weighted by molar-refractivity contribution is 5.89. The van der Waals surface area contributed by atoms with Gasteiger partial charge in [0.05, 0.1) is 12.0 Å². The van der Waals surface area contributed by atoms with E-state index in [4.69, 9.17) is 14.2 Å². The topological polar surface area (TPSA) is 101 Å². The van der Waals surface area contributed by atoms with E-state index in [-0.39, 0.29) is 24.0 Å². The third-order valence-electron chi connectivity index (χ3n) is 5.77. The molecule has 4 aliphatic rings. The summed E-state index contributed by atoms with van der Waals surface area (Å²) >= 11 is 0. The van der Waals surface area contributed by atoms with Crippen molar-refractivity contribution in [1.82, 2.24) is 10.2 Å². The Morgan fingerprint density at radius 3 is 2.71 bits per heavy atom. The molecule has 31 heavy (non-hydrogen) atoms. The van der Waals surface area contributed by atoms with Crippen LogP contribution in [0.5, 0.6) is 5.75 Å². The number of allylic oxidation sites excluding steroid dienone is 1. The number of hydrogen-bond acceptors (Lipinski definition) is 6. The molecule has 0 aromatic heterocycles. The van der Waals surface area contributed by atoms with E-state index >= 15 is 0 Å². The van der Waals surface area contributed by atoms with E-state index in [0.29, 0.717) is 30.9 Å². The van der Waals surface area contributed by atoms with Crippen LogP contribution in [0.15, 0.2) is 41.1 Å². The Morgan fingerprint density at radius 2 is 2.06 bits per heavy atom. The number of nitrogens with zero attached hydrogens (tertiary/aromatic N) is 2. The summed E-state index contributed by atoms with van der Waals surface area (Å²) in [6, 6.07) is 6.27. The number of anilines is 1. The number of ether oxygens (including phenoxy) is 3. The number of carbonyl (C=O) groups is 2. The van der Waals surface area contributed by atoms with Crippen molar-refractivity contribution in [2.75, 3.05) is 25.5 Å². The fraction of sp³-hybridized carbons (Fsp3) is 0.500. The van der Waals surface area contributed by atoms with E-state index in [0.717, 1.165) is 12.2 Å². The van der Waals surface area contributed by atoms with Gasteiger partial charge in [-0.05, 0) is 42.7 Å². The van der Waals surface area contributed by atoms with Crippen molar-refractivity contribution in [3.63, 3.8) is 0 Å². The standard InChI is InChI=1S/C22H28N4O5/c1-14(2)19-18-10-13-26(22(19,31-18)30-17-8-11-24-12-9-17)21(28)29-16-6-4-15(5-7-16)25-20(27)23-3/h4-8,11,14,18-19H,9-10,12-13H2,1-3H3,(H2,23,25,27). The number of amides is 3. The maximum atomic E-state index is 13.1. The van der Waals surface area contributed by atoms with Gasteiger partial charge in [0.2, 0.25) is 0 Å². The molecule has 0 saturated carbocycles. The van der Waals surface area contributed by atoms with Gasteiger partial charge >= 0.3 is 18.0 Å². The van der Waals surface area contributed by atoms with Crippen molar-refractivity contribution >= 4 is 24.0 Å². The van der Waals surface area contributed by atoms with E-state index in [1.165, 1.54) is 7.05 Å². The lowest BCUT2D eigenvalue weighted by atomic mass is 9.76. The fourth-order valence-electron chi connectivity index (χ4n) is 4.34. The molecular formula is C22H28N4O5. The normalized spacial score (nSPS) is 26.6. The molecule has 3 atom stereocenters. The number of dihydropyridines is 1. The summed E-state index contributed by atoms with van der Waals surface area (Å²) in [7, 11) is 1.54. The molecule has 2 bridgehead atoms. The summed E-state index contributed by atoms with van der Waals surface area (Å²) in [5.41, 5.74) is 0.591.